The Morgan fingerprint density at radius 3 is 1.60 bits per heavy atom. The molecule has 0 fully saturated rings. The fourth-order valence-electron chi connectivity index (χ4n) is 8.33. The summed E-state index contributed by atoms with van der Waals surface area (Å²) in [6, 6.07) is 67.8. The fraction of sp³-hybridized carbons (Fsp3) is 0.0588. The lowest BCUT2D eigenvalue weighted by molar-refractivity contribution is 0.660. The molecule has 2 heteroatoms. The van der Waals surface area contributed by atoms with Gasteiger partial charge >= 0.3 is 0 Å². The molecule has 9 aromatic rings. The second kappa shape index (κ2) is 12.3. The van der Waals surface area contributed by atoms with Gasteiger partial charge in [-0.2, -0.15) is 0 Å². The van der Waals surface area contributed by atoms with Crippen molar-refractivity contribution in [2.75, 3.05) is 4.90 Å². The molecule has 0 N–H and O–H groups in total. The van der Waals surface area contributed by atoms with Gasteiger partial charge in [0.25, 0.3) is 0 Å². The Morgan fingerprint density at radius 2 is 0.887 bits per heavy atom. The Labute approximate surface area is 310 Å². The van der Waals surface area contributed by atoms with Crippen LogP contribution < -0.4 is 4.90 Å². The van der Waals surface area contributed by atoms with Gasteiger partial charge in [0.05, 0.1) is 0 Å². The predicted molar refractivity (Wildman–Crippen MR) is 222 cm³/mol. The van der Waals surface area contributed by atoms with Crippen LogP contribution in [0.3, 0.4) is 0 Å². The number of nitrogens with zero attached hydrogens (tertiary/aromatic N) is 1. The van der Waals surface area contributed by atoms with Gasteiger partial charge in [-0.25, -0.2) is 0 Å². The molecular formula is C51H37NO. The summed E-state index contributed by atoms with van der Waals surface area (Å²) in [5.74, 6) is 0. The van der Waals surface area contributed by atoms with Crippen LogP contribution in [0.2, 0.25) is 0 Å². The minimum Gasteiger partial charge on any atom is -0.455 e. The SMILES string of the molecule is CC1(C)c2ccccc2-c2ccc(-c3ccc(N(c4ccc(-c5ccccc5)cc4)c4ccc(-c5cccc6c5oc5ccccc56)cc4)cc3)cc21. The molecule has 1 aliphatic carbocycles. The molecule has 0 radical (unpaired) electrons. The molecule has 0 saturated heterocycles. The summed E-state index contributed by atoms with van der Waals surface area (Å²) in [5, 5.41) is 2.28. The third-order valence-electron chi connectivity index (χ3n) is 11.1. The molecule has 0 spiro atoms. The van der Waals surface area contributed by atoms with Crippen molar-refractivity contribution >= 4 is 39.0 Å². The molecule has 252 valence electrons. The first-order valence-electron chi connectivity index (χ1n) is 18.3. The van der Waals surface area contributed by atoms with Gasteiger partial charge in [-0.3, -0.25) is 0 Å². The highest BCUT2D eigenvalue weighted by atomic mass is 16.3. The molecule has 1 aliphatic rings. The molecule has 0 unspecified atom stereocenters. The van der Waals surface area contributed by atoms with E-state index in [-0.39, 0.29) is 5.41 Å². The zero-order valence-electron chi connectivity index (χ0n) is 29.8. The van der Waals surface area contributed by atoms with E-state index in [1.54, 1.807) is 0 Å². The van der Waals surface area contributed by atoms with Crippen molar-refractivity contribution in [3.63, 3.8) is 0 Å². The molecule has 1 aromatic heterocycles. The number of rotatable bonds is 6. The van der Waals surface area contributed by atoms with E-state index in [1.807, 2.05) is 12.1 Å². The molecule has 0 amide bonds. The number of anilines is 3. The average molecular weight is 680 g/mol. The molecule has 0 saturated carbocycles. The van der Waals surface area contributed by atoms with Crippen molar-refractivity contribution < 1.29 is 4.42 Å². The van der Waals surface area contributed by atoms with Crippen LogP contribution >= 0.6 is 0 Å². The van der Waals surface area contributed by atoms with Gasteiger partial charge in [-0.15, -0.1) is 0 Å². The van der Waals surface area contributed by atoms with E-state index in [4.69, 9.17) is 4.42 Å². The van der Waals surface area contributed by atoms with E-state index in [0.717, 1.165) is 50.1 Å². The van der Waals surface area contributed by atoms with E-state index >= 15 is 0 Å². The van der Waals surface area contributed by atoms with Crippen LogP contribution in [0.25, 0.3) is 66.4 Å². The predicted octanol–water partition coefficient (Wildman–Crippen LogP) is 14.4. The van der Waals surface area contributed by atoms with Gasteiger partial charge in [0.1, 0.15) is 11.2 Å². The molecule has 53 heavy (non-hydrogen) atoms. The van der Waals surface area contributed by atoms with Crippen LogP contribution in [0.15, 0.2) is 192 Å². The maximum absolute atomic E-state index is 6.39. The molecule has 8 aromatic carbocycles. The smallest absolute Gasteiger partial charge is 0.143 e. The summed E-state index contributed by atoms with van der Waals surface area (Å²) in [6.45, 7) is 4.68. The van der Waals surface area contributed by atoms with Gasteiger partial charge in [-0.1, -0.05) is 153 Å². The summed E-state index contributed by atoms with van der Waals surface area (Å²) in [6.07, 6.45) is 0. The zero-order valence-corrected chi connectivity index (χ0v) is 29.8. The minimum atomic E-state index is -0.0350. The summed E-state index contributed by atoms with van der Waals surface area (Å²) in [4.78, 5) is 2.34. The summed E-state index contributed by atoms with van der Waals surface area (Å²) in [5.41, 5.74) is 17.6. The number of hydrogen-bond acceptors (Lipinski definition) is 2. The molecule has 2 nitrogen and oxygen atoms in total. The fourth-order valence-corrected chi connectivity index (χ4v) is 8.33. The lowest BCUT2D eigenvalue weighted by atomic mass is 9.81. The Hall–Kier alpha value is -6.64. The topological polar surface area (TPSA) is 16.4 Å². The maximum atomic E-state index is 6.39. The van der Waals surface area contributed by atoms with Gasteiger partial charge < -0.3 is 9.32 Å². The first kappa shape index (κ1) is 31.1. The first-order valence-corrected chi connectivity index (χ1v) is 18.3. The third-order valence-corrected chi connectivity index (χ3v) is 11.1. The summed E-state index contributed by atoms with van der Waals surface area (Å²) >= 11 is 0. The van der Waals surface area contributed by atoms with E-state index in [0.29, 0.717) is 0 Å². The largest absolute Gasteiger partial charge is 0.455 e. The second-order valence-electron chi connectivity index (χ2n) is 14.6. The molecule has 0 aliphatic heterocycles. The van der Waals surface area contributed by atoms with Crippen LogP contribution in [0, 0.1) is 0 Å². The third kappa shape index (κ3) is 5.18. The monoisotopic (exact) mass is 679 g/mol. The normalized spacial score (nSPS) is 12.9. The number of fused-ring (bicyclic) bond motifs is 6. The molecule has 0 bridgehead atoms. The molecule has 1 heterocycles. The zero-order chi connectivity index (χ0) is 35.5. The van der Waals surface area contributed by atoms with Crippen LogP contribution in [-0.4, -0.2) is 0 Å². The maximum Gasteiger partial charge on any atom is 0.143 e. The summed E-state index contributed by atoms with van der Waals surface area (Å²) < 4.78 is 6.39. The van der Waals surface area contributed by atoms with Gasteiger partial charge in [0.2, 0.25) is 0 Å². The summed E-state index contributed by atoms with van der Waals surface area (Å²) in [7, 11) is 0. The van der Waals surface area contributed by atoms with E-state index < -0.39 is 0 Å². The average Bonchev–Trinajstić information content (AvgIpc) is 3.71. The quantitative estimate of drug-likeness (QED) is 0.174. The molecular weight excluding hydrogens is 643 g/mol. The second-order valence-corrected chi connectivity index (χ2v) is 14.6. The highest BCUT2D eigenvalue weighted by Crippen LogP contribution is 2.49. The minimum absolute atomic E-state index is 0.0350. The Morgan fingerprint density at radius 1 is 0.377 bits per heavy atom. The van der Waals surface area contributed by atoms with Crippen LogP contribution in [-0.2, 0) is 5.41 Å². The van der Waals surface area contributed by atoms with E-state index in [9.17, 15) is 0 Å². The first-order chi connectivity index (χ1) is 26.0. The molecule has 10 rings (SSSR count). The van der Waals surface area contributed by atoms with Crippen molar-refractivity contribution in [2.24, 2.45) is 0 Å². The van der Waals surface area contributed by atoms with Crippen molar-refractivity contribution in [1.29, 1.82) is 0 Å². The lowest BCUT2D eigenvalue weighted by Crippen LogP contribution is -2.14. The Bertz CT molecular complexity index is 2770. The van der Waals surface area contributed by atoms with Crippen molar-refractivity contribution in [2.45, 2.75) is 19.3 Å². The number of benzene rings is 8. The number of hydrogen-bond donors (Lipinski definition) is 0. The van der Waals surface area contributed by atoms with Gasteiger partial charge in [0.15, 0.2) is 0 Å². The van der Waals surface area contributed by atoms with Crippen LogP contribution in [0.1, 0.15) is 25.0 Å². The van der Waals surface area contributed by atoms with Crippen LogP contribution in [0.4, 0.5) is 17.1 Å². The highest BCUT2D eigenvalue weighted by molar-refractivity contribution is 6.09. The number of furan rings is 1. The standard InChI is InChI=1S/C51H37NO/c1-51(2)47-17-8-6-13-43(47)44-32-25-38(33-48(44)51)36-21-28-40(29-22-36)52(39-26-19-35(20-27-39)34-11-4-3-5-12-34)41-30-23-37(24-31-41)42-15-10-16-46-45-14-7-9-18-49(45)53-50(42)46/h3-33H,1-2H3. The van der Waals surface area contributed by atoms with Gasteiger partial charge in [-0.05, 0) is 98.6 Å². The van der Waals surface area contributed by atoms with Crippen molar-refractivity contribution in [1.82, 2.24) is 0 Å². The van der Waals surface area contributed by atoms with Gasteiger partial charge in [0, 0.05) is 38.8 Å². The van der Waals surface area contributed by atoms with Crippen LogP contribution in [0.5, 0.6) is 0 Å². The number of para-hydroxylation sites is 2. The molecule has 0 atom stereocenters. The van der Waals surface area contributed by atoms with Crippen molar-refractivity contribution in [3.05, 3.63) is 199 Å². The van der Waals surface area contributed by atoms with Crippen molar-refractivity contribution in [3.8, 4) is 44.5 Å². The van der Waals surface area contributed by atoms with E-state index in [2.05, 4.69) is 195 Å². The highest BCUT2D eigenvalue weighted by Gasteiger charge is 2.35. The Balaban J connectivity index is 1.03. The Kier molecular flexibility index (Phi) is 7.19. The lowest BCUT2D eigenvalue weighted by Gasteiger charge is -2.26. The van der Waals surface area contributed by atoms with E-state index in [1.165, 1.54) is 44.5 Å².